The number of piperidine rings is 1. The Balaban J connectivity index is 0.672. The number of aryl methyl sites for hydroxylation is 2. The molecule has 1 unspecified atom stereocenters. The van der Waals surface area contributed by atoms with Gasteiger partial charge >= 0.3 is 0 Å². The third-order valence-corrected chi connectivity index (χ3v) is 21.7. The zero-order valence-electron chi connectivity index (χ0n) is 46.9. The second-order valence-electron chi connectivity index (χ2n) is 26.0. The normalized spacial score (nSPS) is 30.5. The third kappa shape index (κ3) is 7.21. The third-order valence-electron chi connectivity index (χ3n) is 21.7. The lowest BCUT2D eigenvalue weighted by Crippen LogP contribution is -2.53. The van der Waals surface area contributed by atoms with Crippen LogP contribution in [-0.2, 0) is 36.2 Å². The number of hydrogen-bond donors (Lipinski definition) is 1. The molecule has 7 atom stereocenters. The first-order chi connectivity index (χ1) is 39.6. The predicted molar refractivity (Wildman–Crippen MR) is 307 cm³/mol. The molecule has 6 aromatic heterocycles. The highest BCUT2D eigenvalue weighted by Crippen LogP contribution is 2.61. The number of nitrogens with zero attached hydrogens (tertiary/aromatic N) is 10. The number of rotatable bonds is 13. The number of carbonyl (C=O) groups excluding carboxylic acids is 2. The summed E-state index contributed by atoms with van der Waals surface area (Å²) >= 11 is 0. The number of aromatic nitrogens is 8. The molecule has 4 aliphatic heterocycles. The summed E-state index contributed by atoms with van der Waals surface area (Å²) in [7, 11) is 5.47. The van der Waals surface area contributed by atoms with E-state index in [1.54, 1.807) is 14.2 Å². The van der Waals surface area contributed by atoms with Gasteiger partial charge in [0.05, 0.1) is 71.8 Å². The Morgan fingerprint density at radius 3 is 1.91 bits per heavy atom. The van der Waals surface area contributed by atoms with Crippen molar-refractivity contribution >= 4 is 61.6 Å². The summed E-state index contributed by atoms with van der Waals surface area (Å²) < 4.78 is 34.1. The molecule has 1 N–H and O–H groups in total. The first kappa shape index (κ1) is 48.7. The van der Waals surface area contributed by atoms with Crippen LogP contribution >= 0.6 is 0 Å². The number of hydrogen-bond acceptors (Lipinski definition) is 11. The number of nitrogens with one attached hydrogen (secondary N) is 1. The van der Waals surface area contributed by atoms with E-state index in [9.17, 15) is 4.79 Å². The molecule has 2 aromatic carbocycles. The molecule has 17 heteroatoms. The molecule has 5 aliphatic carbocycles. The van der Waals surface area contributed by atoms with Crippen LogP contribution < -0.4 is 14.8 Å². The summed E-state index contributed by atoms with van der Waals surface area (Å²) in [6, 6.07) is 19.0. The number of likely N-dealkylation sites (tertiary alicyclic amines) is 2. The van der Waals surface area contributed by atoms with Crippen LogP contribution in [0.5, 0.6) is 11.5 Å². The maximum absolute atomic E-state index is 15.0. The molecule has 5 saturated carbocycles. The quantitative estimate of drug-likeness (QED) is 0.117. The Morgan fingerprint density at radius 1 is 0.691 bits per heavy atom. The summed E-state index contributed by atoms with van der Waals surface area (Å²) in [5, 5.41) is 6.00. The van der Waals surface area contributed by atoms with Crippen molar-refractivity contribution in [2.45, 2.75) is 133 Å². The average molecular weight is 1090 g/mol. The topological polar surface area (TPSA) is 161 Å². The number of fused-ring (bicyclic) bond motifs is 6. The molecule has 2 bridgehead atoms. The number of pyridine rings is 2. The van der Waals surface area contributed by atoms with Gasteiger partial charge in [-0.15, -0.1) is 0 Å². The number of ether oxygens (including phenoxy) is 4. The standard InChI is InChI=1S/C64H71N11O6/c1-5-71-50(60-69-46-20-42(62(77)73-34-43-17-39-22-48(73)53(39)43)25-52(79-4)56(46)75(60)32-36-28-64(29-36)13-8-16-81-64)23-40-18-44(30-66-58(40)71)67-54-38-10-11-47(54)72(33-38)61(76)41-19-45-55(51(24-41)78-3)74(31-35-26-63(27-35)12-7-15-80-63)59(68-45)49-21-37-9-6-14-65-57(37)70(49)2/h6,9,14,18-21,23-25,30,35-36,38-39,43,47-48,53-54,67H,5,7-8,10-13,15-17,22,26-29,31-34H2,1-4H3/t35?,36?,38-,39?,43-,47-,48-,53-,54-,63?,64?/m1/s1. The van der Waals surface area contributed by atoms with E-state index in [4.69, 9.17) is 38.9 Å². The van der Waals surface area contributed by atoms with Crippen molar-refractivity contribution in [2.75, 3.05) is 45.8 Å². The molecule has 8 aromatic rings. The van der Waals surface area contributed by atoms with Crippen LogP contribution in [0, 0.1) is 35.5 Å². The van der Waals surface area contributed by atoms with Crippen molar-refractivity contribution in [3.05, 3.63) is 78.1 Å². The summed E-state index contributed by atoms with van der Waals surface area (Å²) in [5.74, 6) is 6.45. The van der Waals surface area contributed by atoms with Crippen LogP contribution in [0.15, 0.2) is 67.0 Å². The minimum Gasteiger partial charge on any atom is -0.494 e. The van der Waals surface area contributed by atoms with Crippen LogP contribution in [0.1, 0.15) is 105 Å². The largest absolute Gasteiger partial charge is 0.494 e. The van der Waals surface area contributed by atoms with Gasteiger partial charge in [0.15, 0.2) is 11.6 Å². The zero-order valence-corrected chi connectivity index (χ0v) is 46.9. The van der Waals surface area contributed by atoms with Gasteiger partial charge in [-0.2, -0.15) is 0 Å². The highest BCUT2D eigenvalue weighted by Gasteiger charge is 2.62. The minimum absolute atomic E-state index is 0.0000426. The molecule has 9 aliphatic rings. The summed E-state index contributed by atoms with van der Waals surface area (Å²) in [6.07, 6.45) is 16.8. The van der Waals surface area contributed by atoms with Gasteiger partial charge in [0, 0.05) is 87.1 Å². The van der Waals surface area contributed by atoms with Crippen LogP contribution in [0.25, 0.3) is 67.2 Å². The Hall–Kier alpha value is -6.98. The van der Waals surface area contributed by atoms with Gasteiger partial charge in [0.25, 0.3) is 11.8 Å². The van der Waals surface area contributed by atoms with Crippen molar-refractivity contribution in [1.29, 1.82) is 0 Å². The molecule has 9 fully saturated rings. The summed E-state index contributed by atoms with van der Waals surface area (Å²) in [4.78, 5) is 54.3. The zero-order chi connectivity index (χ0) is 54.2. The van der Waals surface area contributed by atoms with Crippen molar-refractivity contribution < 1.29 is 28.5 Å². The Kier molecular flexibility index (Phi) is 10.7. The van der Waals surface area contributed by atoms with Crippen molar-refractivity contribution in [2.24, 2.45) is 42.6 Å². The molecule has 418 valence electrons. The fourth-order valence-electron chi connectivity index (χ4n) is 18.0. The molecular formula is C64H71N11O6. The molecule has 0 radical (unpaired) electrons. The fourth-order valence-corrected chi connectivity index (χ4v) is 18.0. The summed E-state index contributed by atoms with van der Waals surface area (Å²) in [5.41, 5.74) is 9.31. The molecule has 2 spiro atoms. The number of carbonyl (C=O) groups is 2. The van der Waals surface area contributed by atoms with Crippen LogP contribution in [0.4, 0.5) is 5.69 Å². The van der Waals surface area contributed by atoms with Gasteiger partial charge in [0.1, 0.15) is 33.8 Å². The predicted octanol–water partition coefficient (Wildman–Crippen LogP) is 10.1. The Bertz CT molecular complexity index is 3920. The molecule has 10 heterocycles. The Morgan fingerprint density at radius 2 is 1.32 bits per heavy atom. The van der Waals surface area contributed by atoms with Gasteiger partial charge in [-0.05, 0) is 174 Å². The number of imidazole rings is 2. The van der Waals surface area contributed by atoms with E-state index in [0.717, 1.165) is 182 Å². The second-order valence-corrected chi connectivity index (χ2v) is 26.0. The second kappa shape index (κ2) is 17.8. The average Bonchev–Trinajstić information content (AvgIpc) is 3.38. The van der Waals surface area contributed by atoms with Gasteiger partial charge in [0.2, 0.25) is 0 Å². The number of amides is 2. The molecule has 2 amide bonds. The van der Waals surface area contributed by atoms with E-state index in [0.29, 0.717) is 65.4 Å². The molecule has 17 nitrogen and oxygen atoms in total. The van der Waals surface area contributed by atoms with Gasteiger partial charge in [-0.1, -0.05) is 0 Å². The van der Waals surface area contributed by atoms with E-state index in [1.165, 1.54) is 6.42 Å². The van der Waals surface area contributed by atoms with E-state index in [1.807, 2.05) is 42.7 Å². The van der Waals surface area contributed by atoms with Crippen molar-refractivity contribution in [1.82, 2.24) is 48.0 Å². The number of anilines is 1. The van der Waals surface area contributed by atoms with Crippen LogP contribution in [-0.4, -0.2) is 130 Å². The first-order valence-corrected chi connectivity index (χ1v) is 30.3. The lowest BCUT2D eigenvalue weighted by Gasteiger charge is -2.52. The Labute approximate surface area is 470 Å². The maximum atomic E-state index is 15.0. The monoisotopic (exact) mass is 1090 g/mol. The van der Waals surface area contributed by atoms with E-state index in [-0.39, 0.29) is 41.0 Å². The fraction of sp³-hybridized carbons (Fsp3) is 0.531. The smallest absolute Gasteiger partial charge is 0.254 e. The number of methoxy groups -OCH3 is 2. The van der Waals surface area contributed by atoms with Crippen molar-refractivity contribution in [3.8, 4) is 34.5 Å². The van der Waals surface area contributed by atoms with Crippen LogP contribution in [0.2, 0.25) is 0 Å². The van der Waals surface area contributed by atoms with E-state index < -0.39 is 0 Å². The lowest BCUT2D eigenvalue weighted by atomic mass is 9.53. The van der Waals surface area contributed by atoms with Gasteiger partial charge < -0.3 is 52.3 Å². The summed E-state index contributed by atoms with van der Waals surface area (Å²) in [6.45, 7) is 7.65. The lowest BCUT2D eigenvalue weighted by molar-refractivity contribution is -0.0941. The first-order valence-electron chi connectivity index (χ1n) is 30.3. The minimum atomic E-state index is -0.0000426. The SMILES string of the molecule is CCn1c(-c2nc3cc(C(=O)N4C[C@H]5CC6C[C@@H]4[C@H]65)cc(OC)c3n2CC2CC3(CCCO3)C2)cc2cc(N[C@@H]3[C@@H]4CC[C@H]3N(C(=O)c3cc(OC)c5c(c3)nc(-c3cc6cccnc6n3C)n5CC3CC5(CCCO5)C3)C4)cnc21. The number of benzene rings is 2. The van der Waals surface area contributed by atoms with Gasteiger partial charge in [-0.3, -0.25) is 9.59 Å². The van der Waals surface area contributed by atoms with Crippen molar-refractivity contribution in [3.63, 3.8) is 0 Å². The maximum Gasteiger partial charge on any atom is 0.254 e. The van der Waals surface area contributed by atoms with Gasteiger partial charge in [-0.25, -0.2) is 19.9 Å². The van der Waals surface area contributed by atoms with Crippen LogP contribution in [0.3, 0.4) is 0 Å². The highest BCUT2D eigenvalue weighted by atomic mass is 16.5. The molecule has 4 saturated heterocycles. The molecular weight excluding hydrogens is 1020 g/mol. The van der Waals surface area contributed by atoms with E-state index in [2.05, 4.69) is 71.6 Å². The highest BCUT2D eigenvalue weighted by molar-refractivity contribution is 6.02. The molecule has 81 heavy (non-hydrogen) atoms. The molecule has 17 rings (SSSR count). The van der Waals surface area contributed by atoms with E-state index >= 15 is 4.79 Å².